The average Bonchev–Trinajstić information content (AvgIpc) is 2.58. The van der Waals surface area contributed by atoms with Gasteiger partial charge in [0.1, 0.15) is 5.75 Å². The summed E-state index contributed by atoms with van der Waals surface area (Å²) in [5, 5.41) is 0. The van der Waals surface area contributed by atoms with Crippen molar-refractivity contribution in [1.29, 1.82) is 0 Å². The Morgan fingerprint density at radius 2 is 1.83 bits per heavy atom. The third-order valence-corrected chi connectivity index (χ3v) is 3.31. The van der Waals surface area contributed by atoms with E-state index in [0.717, 1.165) is 17.5 Å². The van der Waals surface area contributed by atoms with Crippen LogP contribution in [0, 0.1) is 6.92 Å². The van der Waals surface area contributed by atoms with Crippen LogP contribution in [0.5, 0.6) is 5.75 Å². The predicted molar refractivity (Wildman–Crippen MR) is 88.1 cm³/mol. The van der Waals surface area contributed by atoms with Crippen molar-refractivity contribution in [2.45, 2.75) is 20.3 Å². The van der Waals surface area contributed by atoms with Crippen LogP contribution in [0.4, 0.5) is 0 Å². The van der Waals surface area contributed by atoms with E-state index >= 15 is 0 Å². The summed E-state index contributed by atoms with van der Waals surface area (Å²) in [5.74, 6) is -0.108. The summed E-state index contributed by atoms with van der Waals surface area (Å²) in [6.45, 7) is 3.75. The minimum atomic E-state index is -0.420. The summed E-state index contributed by atoms with van der Waals surface area (Å²) >= 11 is 0. The number of hydrogen-bond donors (Lipinski definition) is 2. The number of para-hydroxylation sites is 1. The zero-order chi connectivity index (χ0) is 16.7. The number of hydrazine groups is 1. The summed E-state index contributed by atoms with van der Waals surface area (Å²) in [6, 6.07) is 14.7. The number of benzene rings is 2. The zero-order valence-electron chi connectivity index (χ0n) is 13.3. The summed E-state index contributed by atoms with van der Waals surface area (Å²) in [7, 11) is 0. The number of carbonyl (C=O) groups is 2. The van der Waals surface area contributed by atoms with Crippen LogP contribution in [0.3, 0.4) is 0 Å². The molecule has 0 aliphatic heterocycles. The van der Waals surface area contributed by atoms with E-state index in [1.807, 2.05) is 44.2 Å². The Morgan fingerprint density at radius 3 is 2.57 bits per heavy atom. The Kier molecular flexibility index (Phi) is 5.74. The van der Waals surface area contributed by atoms with Crippen LogP contribution < -0.4 is 15.6 Å². The van der Waals surface area contributed by atoms with E-state index < -0.39 is 5.91 Å². The first-order valence-electron chi connectivity index (χ1n) is 7.46. The normalized spacial score (nSPS) is 10.0. The molecule has 23 heavy (non-hydrogen) atoms. The van der Waals surface area contributed by atoms with Gasteiger partial charge in [-0.1, -0.05) is 42.8 Å². The number of ether oxygens (including phenoxy) is 1. The molecule has 0 aliphatic rings. The summed E-state index contributed by atoms with van der Waals surface area (Å²) < 4.78 is 5.48. The van der Waals surface area contributed by atoms with Crippen molar-refractivity contribution < 1.29 is 14.3 Å². The average molecular weight is 312 g/mol. The molecule has 0 radical (unpaired) electrons. The molecule has 0 fully saturated rings. The number of amides is 2. The molecular weight excluding hydrogens is 292 g/mol. The van der Waals surface area contributed by atoms with E-state index in [1.165, 1.54) is 0 Å². The standard InChI is InChI=1S/C18H20N2O3/c1-3-14-8-4-5-10-16(14)23-12-17(21)19-20-18(22)15-9-6-7-13(2)11-15/h4-11H,3,12H2,1-2H3,(H,19,21)(H,20,22). The monoisotopic (exact) mass is 312 g/mol. The van der Waals surface area contributed by atoms with Crippen molar-refractivity contribution in [3.63, 3.8) is 0 Å². The fraction of sp³-hybridized carbons (Fsp3) is 0.222. The zero-order valence-corrected chi connectivity index (χ0v) is 13.3. The fourth-order valence-electron chi connectivity index (χ4n) is 2.10. The lowest BCUT2D eigenvalue weighted by atomic mass is 10.1. The number of rotatable bonds is 5. The van der Waals surface area contributed by atoms with Crippen LogP contribution in [0.2, 0.25) is 0 Å². The van der Waals surface area contributed by atoms with Crippen molar-refractivity contribution in [1.82, 2.24) is 10.9 Å². The molecule has 0 atom stereocenters. The molecule has 5 nitrogen and oxygen atoms in total. The van der Waals surface area contributed by atoms with Gasteiger partial charge in [0, 0.05) is 5.56 Å². The molecular formula is C18H20N2O3. The van der Waals surface area contributed by atoms with Gasteiger partial charge in [-0.15, -0.1) is 0 Å². The lowest BCUT2D eigenvalue weighted by molar-refractivity contribution is -0.123. The van der Waals surface area contributed by atoms with Gasteiger partial charge in [-0.25, -0.2) is 0 Å². The molecule has 0 bridgehead atoms. The van der Waals surface area contributed by atoms with E-state index in [2.05, 4.69) is 10.9 Å². The van der Waals surface area contributed by atoms with Gasteiger partial charge >= 0.3 is 0 Å². The summed E-state index contributed by atoms with van der Waals surface area (Å²) in [6.07, 6.45) is 0.821. The smallest absolute Gasteiger partial charge is 0.276 e. The minimum absolute atomic E-state index is 0.162. The van der Waals surface area contributed by atoms with Gasteiger partial charge in [0.2, 0.25) is 0 Å². The molecule has 120 valence electrons. The Labute approximate surface area is 135 Å². The quantitative estimate of drug-likeness (QED) is 0.833. The van der Waals surface area contributed by atoms with E-state index in [-0.39, 0.29) is 12.5 Å². The highest BCUT2D eigenvalue weighted by molar-refractivity contribution is 5.95. The molecule has 5 heteroatoms. The first kappa shape index (κ1) is 16.5. The van der Waals surface area contributed by atoms with Gasteiger partial charge in [-0.3, -0.25) is 20.4 Å². The number of carbonyl (C=O) groups excluding carboxylic acids is 2. The topological polar surface area (TPSA) is 67.4 Å². The number of aryl methyl sites for hydroxylation is 2. The van der Waals surface area contributed by atoms with Crippen LogP contribution in [0.15, 0.2) is 48.5 Å². The first-order chi connectivity index (χ1) is 11.1. The van der Waals surface area contributed by atoms with E-state index in [9.17, 15) is 9.59 Å². The second kappa shape index (κ2) is 7.98. The summed E-state index contributed by atoms with van der Waals surface area (Å²) in [5.41, 5.74) is 7.21. The second-order valence-electron chi connectivity index (χ2n) is 5.12. The van der Waals surface area contributed by atoms with Crippen LogP contribution in [-0.4, -0.2) is 18.4 Å². The van der Waals surface area contributed by atoms with Crippen molar-refractivity contribution >= 4 is 11.8 Å². The Bertz CT molecular complexity index is 698. The van der Waals surface area contributed by atoms with Gasteiger partial charge < -0.3 is 4.74 Å². The molecule has 0 heterocycles. The van der Waals surface area contributed by atoms with E-state index in [0.29, 0.717) is 11.3 Å². The van der Waals surface area contributed by atoms with Crippen LogP contribution in [0.1, 0.15) is 28.4 Å². The Morgan fingerprint density at radius 1 is 1.04 bits per heavy atom. The SMILES string of the molecule is CCc1ccccc1OCC(=O)NNC(=O)c1cccc(C)c1. The van der Waals surface area contributed by atoms with Crippen molar-refractivity contribution in [3.8, 4) is 5.75 Å². The molecule has 2 N–H and O–H groups in total. The van der Waals surface area contributed by atoms with Crippen LogP contribution in [0.25, 0.3) is 0 Å². The second-order valence-corrected chi connectivity index (χ2v) is 5.12. The maximum atomic E-state index is 11.9. The maximum absolute atomic E-state index is 11.9. The maximum Gasteiger partial charge on any atom is 0.276 e. The van der Waals surface area contributed by atoms with Gasteiger partial charge in [0.25, 0.3) is 11.8 Å². The van der Waals surface area contributed by atoms with E-state index in [1.54, 1.807) is 18.2 Å². The van der Waals surface area contributed by atoms with Gasteiger partial charge in [-0.2, -0.15) is 0 Å². The molecule has 2 aromatic rings. The van der Waals surface area contributed by atoms with Crippen molar-refractivity contribution in [3.05, 3.63) is 65.2 Å². The van der Waals surface area contributed by atoms with Crippen LogP contribution >= 0.6 is 0 Å². The molecule has 0 aromatic heterocycles. The highest BCUT2D eigenvalue weighted by atomic mass is 16.5. The Balaban J connectivity index is 1.82. The highest BCUT2D eigenvalue weighted by Gasteiger charge is 2.09. The molecule has 0 spiro atoms. The van der Waals surface area contributed by atoms with Crippen molar-refractivity contribution in [2.75, 3.05) is 6.61 Å². The molecule has 2 aromatic carbocycles. The number of hydrogen-bond acceptors (Lipinski definition) is 3. The largest absolute Gasteiger partial charge is 0.483 e. The van der Waals surface area contributed by atoms with Gasteiger partial charge in [0.15, 0.2) is 6.61 Å². The lowest BCUT2D eigenvalue weighted by Crippen LogP contribution is -2.43. The first-order valence-corrected chi connectivity index (χ1v) is 7.46. The highest BCUT2D eigenvalue weighted by Crippen LogP contribution is 2.17. The molecule has 2 amide bonds. The minimum Gasteiger partial charge on any atom is -0.483 e. The molecule has 0 aliphatic carbocycles. The van der Waals surface area contributed by atoms with E-state index in [4.69, 9.17) is 4.74 Å². The third kappa shape index (κ3) is 4.85. The van der Waals surface area contributed by atoms with Crippen LogP contribution in [-0.2, 0) is 11.2 Å². The fourth-order valence-corrected chi connectivity index (χ4v) is 2.10. The number of nitrogens with one attached hydrogen (secondary N) is 2. The van der Waals surface area contributed by atoms with Gasteiger partial charge in [0.05, 0.1) is 0 Å². The predicted octanol–water partition coefficient (Wildman–Crippen LogP) is 2.40. The van der Waals surface area contributed by atoms with Gasteiger partial charge in [-0.05, 0) is 37.1 Å². The molecule has 0 unspecified atom stereocenters. The molecule has 2 rings (SSSR count). The lowest BCUT2D eigenvalue weighted by Gasteiger charge is -2.11. The van der Waals surface area contributed by atoms with Crippen molar-refractivity contribution in [2.24, 2.45) is 0 Å². The third-order valence-electron chi connectivity index (χ3n) is 3.31. The molecule has 0 saturated carbocycles. The Hall–Kier alpha value is -2.82. The molecule has 0 saturated heterocycles. The summed E-state index contributed by atoms with van der Waals surface area (Å²) in [4.78, 5) is 23.7.